The Kier molecular flexibility index (Phi) is 4.28. The molecule has 0 aliphatic carbocycles. The summed E-state index contributed by atoms with van der Waals surface area (Å²) < 4.78 is 5.33. The van der Waals surface area contributed by atoms with Crippen LogP contribution in [-0.2, 0) is 4.74 Å². The van der Waals surface area contributed by atoms with Crippen LogP contribution in [0.5, 0.6) is 0 Å². The van der Waals surface area contributed by atoms with Gasteiger partial charge in [0.2, 0.25) is 0 Å². The number of rotatable bonds is 1. The summed E-state index contributed by atoms with van der Waals surface area (Å²) in [6.45, 7) is 6.87. The fourth-order valence-corrected chi connectivity index (χ4v) is 2.49. The number of hydrogen-bond donors (Lipinski definition) is 1. The first-order valence-electron chi connectivity index (χ1n) is 5.21. The van der Waals surface area contributed by atoms with Crippen LogP contribution in [0.3, 0.4) is 0 Å². The Morgan fingerprint density at radius 3 is 2.80 bits per heavy atom. The van der Waals surface area contributed by atoms with Gasteiger partial charge in [-0.1, -0.05) is 0 Å². The Hall–Kier alpha value is -0.420. The van der Waals surface area contributed by atoms with Crippen LogP contribution in [0.15, 0.2) is 0 Å². The highest BCUT2D eigenvalue weighted by molar-refractivity contribution is 7.99. The quantitative estimate of drug-likeness (QED) is 0.740. The minimum atomic E-state index is -0.430. The molecule has 15 heavy (non-hydrogen) atoms. The molecule has 4 nitrogen and oxygen atoms in total. The zero-order valence-electron chi connectivity index (χ0n) is 9.66. The molecule has 1 saturated heterocycles. The molecule has 1 aliphatic heterocycles. The summed E-state index contributed by atoms with van der Waals surface area (Å²) in [6.07, 6.45) is -0.238. The lowest BCUT2D eigenvalue weighted by Gasteiger charge is -2.35. The molecule has 2 N–H and O–H groups in total. The van der Waals surface area contributed by atoms with Gasteiger partial charge in [-0.25, -0.2) is 4.79 Å². The van der Waals surface area contributed by atoms with Gasteiger partial charge >= 0.3 is 6.09 Å². The predicted molar refractivity (Wildman–Crippen MR) is 63.1 cm³/mol. The SMILES string of the molecule is CC(C)(C)OC(=O)N1CCSC[C@H]1CN. The average molecular weight is 232 g/mol. The molecule has 88 valence electrons. The monoisotopic (exact) mass is 232 g/mol. The maximum Gasteiger partial charge on any atom is 0.410 e. The highest BCUT2D eigenvalue weighted by Crippen LogP contribution is 2.18. The van der Waals surface area contributed by atoms with Crippen LogP contribution in [-0.4, -0.2) is 47.2 Å². The number of carbonyl (C=O) groups excluding carboxylic acids is 1. The van der Waals surface area contributed by atoms with Crippen LogP contribution in [0.4, 0.5) is 4.79 Å². The van der Waals surface area contributed by atoms with Gasteiger partial charge in [0.05, 0.1) is 6.04 Å². The van der Waals surface area contributed by atoms with E-state index < -0.39 is 5.60 Å². The molecule has 0 saturated carbocycles. The summed E-state index contributed by atoms with van der Waals surface area (Å²) in [6, 6.07) is 0.124. The molecular weight excluding hydrogens is 212 g/mol. The lowest BCUT2D eigenvalue weighted by atomic mass is 10.2. The number of hydrogen-bond acceptors (Lipinski definition) is 4. The molecule has 1 atom stereocenters. The second-order valence-corrected chi connectivity index (χ2v) is 5.79. The maximum absolute atomic E-state index is 11.8. The van der Waals surface area contributed by atoms with Gasteiger partial charge < -0.3 is 15.4 Å². The van der Waals surface area contributed by atoms with Gasteiger partial charge in [0.25, 0.3) is 0 Å². The largest absolute Gasteiger partial charge is 0.444 e. The van der Waals surface area contributed by atoms with Gasteiger partial charge in [0.1, 0.15) is 5.60 Å². The number of nitrogens with two attached hydrogens (primary N) is 1. The second-order valence-electron chi connectivity index (χ2n) is 4.64. The minimum Gasteiger partial charge on any atom is -0.444 e. The number of nitrogens with zero attached hydrogens (tertiary/aromatic N) is 1. The Morgan fingerprint density at radius 1 is 1.60 bits per heavy atom. The fraction of sp³-hybridized carbons (Fsp3) is 0.900. The summed E-state index contributed by atoms with van der Waals surface area (Å²) in [7, 11) is 0. The van der Waals surface area contributed by atoms with Crippen molar-refractivity contribution in [1.82, 2.24) is 4.90 Å². The number of amides is 1. The fourth-order valence-electron chi connectivity index (χ4n) is 1.41. The lowest BCUT2D eigenvalue weighted by molar-refractivity contribution is 0.0194. The van der Waals surface area contributed by atoms with E-state index in [9.17, 15) is 4.79 Å². The summed E-state index contributed by atoms with van der Waals surface area (Å²) in [4.78, 5) is 13.6. The second kappa shape index (κ2) is 5.07. The van der Waals surface area contributed by atoms with Crippen LogP contribution in [0.1, 0.15) is 20.8 Å². The molecule has 1 fully saturated rings. The minimum absolute atomic E-state index is 0.124. The summed E-state index contributed by atoms with van der Waals surface area (Å²) in [5.41, 5.74) is 5.20. The van der Waals surface area contributed by atoms with Crippen LogP contribution >= 0.6 is 11.8 Å². The predicted octanol–water partition coefficient (Wildman–Crippen LogP) is 1.30. The lowest BCUT2D eigenvalue weighted by Crippen LogP contribution is -2.51. The van der Waals surface area contributed by atoms with Crippen LogP contribution in [0.25, 0.3) is 0 Å². The van der Waals surface area contributed by atoms with Gasteiger partial charge in [-0.3, -0.25) is 0 Å². The normalized spacial score (nSPS) is 22.7. The Balaban J connectivity index is 2.56. The molecule has 1 rings (SSSR count). The Labute approximate surface area is 95.5 Å². The molecule has 0 unspecified atom stereocenters. The van der Waals surface area contributed by atoms with E-state index in [0.29, 0.717) is 6.54 Å². The highest BCUT2D eigenvalue weighted by atomic mass is 32.2. The van der Waals surface area contributed by atoms with E-state index in [1.165, 1.54) is 0 Å². The number of ether oxygens (including phenoxy) is 1. The maximum atomic E-state index is 11.8. The number of carbonyl (C=O) groups is 1. The van der Waals surface area contributed by atoms with Gasteiger partial charge in [-0.15, -0.1) is 0 Å². The van der Waals surface area contributed by atoms with E-state index in [2.05, 4.69) is 0 Å². The third-order valence-electron chi connectivity index (χ3n) is 2.13. The van der Waals surface area contributed by atoms with E-state index >= 15 is 0 Å². The molecular formula is C10H20N2O2S. The third-order valence-corrected chi connectivity index (χ3v) is 3.22. The Morgan fingerprint density at radius 2 is 2.27 bits per heavy atom. The molecule has 5 heteroatoms. The van der Waals surface area contributed by atoms with Crippen LogP contribution in [0.2, 0.25) is 0 Å². The van der Waals surface area contributed by atoms with Crippen molar-refractivity contribution in [2.75, 3.05) is 24.6 Å². The van der Waals surface area contributed by atoms with Crippen molar-refractivity contribution in [2.45, 2.75) is 32.4 Å². The van der Waals surface area contributed by atoms with E-state index in [-0.39, 0.29) is 12.1 Å². The van der Waals surface area contributed by atoms with Gasteiger partial charge in [0, 0.05) is 24.6 Å². The molecule has 1 amide bonds. The average Bonchev–Trinajstić information content (AvgIpc) is 2.15. The summed E-state index contributed by atoms with van der Waals surface area (Å²) >= 11 is 1.84. The van der Waals surface area contributed by atoms with Crippen LogP contribution in [0, 0.1) is 0 Å². The molecule has 0 radical (unpaired) electrons. The topological polar surface area (TPSA) is 55.6 Å². The van der Waals surface area contributed by atoms with Crippen molar-refractivity contribution in [3.05, 3.63) is 0 Å². The van der Waals surface area contributed by atoms with Gasteiger partial charge in [0.15, 0.2) is 0 Å². The number of thioether (sulfide) groups is 1. The molecule has 0 aromatic heterocycles. The molecule has 0 aromatic rings. The Bertz CT molecular complexity index is 228. The zero-order chi connectivity index (χ0) is 11.5. The van der Waals surface area contributed by atoms with Crippen molar-refractivity contribution in [1.29, 1.82) is 0 Å². The third kappa shape index (κ3) is 3.91. The molecule has 0 bridgehead atoms. The van der Waals surface area contributed by atoms with E-state index in [1.807, 2.05) is 32.5 Å². The summed E-state index contributed by atoms with van der Waals surface area (Å²) in [5.74, 6) is 1.88. The standard InChI is InChI=1S/C10H20N2O2S/c1-10(2,3)14-9(13)12-4-5-15-7-8(12)6-11/h8H,4-7,11H2,1-3H3/t8-/m1/s1. The van der Waals surface area contributed by atoms with E-state index in [1.54, 1.807) is 4.90 Å². The van der Waals surface area contributed by atoms with Crippen molar-refractivity contribution in [3.8, 4) is 0 Å². The first-order chi connectivity index (χ1) is 6.94. The smallest absolute Gasteiger partial charge is 0.410 e. The van der Waals surface area contributed by atoms with Gasteiger partial charge in [-0.05, 0) is 20.8 Å². The van der Waals surface area contributed by atoms with Crippen molar-refractivity contribution < 1.29 is 9.53 Å². The van der Waals surface area contributed by atoms with Crippen LogP contribution < -0.4 is 5.73 Å². The molecule has 0 aromatic carbocycles. The molecule has 1 aliphatic rings. The highest BCUT2D eigenvalue weighted by Gasteiger charge is 2.29. The molecule has 0 spiro atoms. The first kappa shape index (κ1) is 12.6. The van der Waals surface area contributed by atoms with Crippen molar-refractivity contribution in [3.63, 3.8) is 0 Å². The summed E-state index contributed by atoms with van der Waals surface area (Å²) in [5, 5.41) is 0. The van der Waals surface area contributed by atoms with Crippen molar-refractivity contribution >= 4 is 17.9 Å². The zero-order valence-corrected chi connectivity index (χ0v) is 10.5. The molecule has 1 heterocycles. The first-order valence-corrected chi connectivity index (χ1v) is 6.37. The van der Waals surface area contributed by atoms with Gasteiger partial charge in [-0.2, -0.15) is 11.8 Å². The van der Waals surface area contributed by atoms with Crippen molar-refractivity contribution in [2.24, 2.45) is 5.73 Å². The van der Waals surface area contributed by atoms with E-state index in [0.717, 1.165) is 18.1 Å². The van der Waals surface area contributed by atoms with E-state index in [4.69, 9.17) is 10.5 Å².